The average Bonchev–Trinajstić information content (AvgIpc) is 2.34. The van der Waals surface area contributed by atoms with Gasteiger partial charge in [-0.1, -0.05) is 6.07 Å². The monoisotopic (exact) mass is 249 g/mol. The highest BCUT2D eigenvalue weighted by atomic mass is 19.1. The van der Waals surface area contributed by atoms with E-state index in [4.69, 9.17) is 4.74 Å². The highest BCUT2D eigenvalue weighted by Crippen LogP contribution is 2.23. The Morgan fingerprint density at radius 1 is 1.33 bits per heavy atom. The third kappa shape index (κ3) is 2.57. The summed E-state index contributed by atoms with van der Waals surface area (Å²) in [6.45, 7) is 1.74. The maximum atomic E-state index is 13.0. The van der Waals surface area contributed by atoms with Crippen LogP contribution in [-0.4, -0.2) is 14.9 Å². The lowest BCUT2D eigenvalue weighted by molar-refractivity contribution is -0.385. The molecule has 0 amide bonds. The summed E-state index contributed by atoms with van der Waals surface area (Å²) in [7, 11) is 0. The first-order valence-electron chi connectivity index (χ1n) is 4.96. The quantitative estimate of drug-likeness (QED) is 0.617. The molecule has 6 nitrogen and oxygen atoms in total. The SMILES string of the molecule is Cc1ccc(F)cc1Oc1ncc([N+](=O)[O-])cn1. The molecule has 2 aromatic rings. The van der Waals surface area contributed by atoms with Gasteiger partial charge in [0.1, 0.15) is 24.0 Å². The van der Waals surface area contributed by atoms with Gasteiger partial charge in [0.25, 0.3) is 0 Å². The second-order valence-corrected chi connectivity index (χ2v) is 3.49. The smallest absolute Gasteiger partial charge is 0.322 e. The lowest BCUT2D eigenvalue weighted by Gasteiger charge is -2.06. The topological polar surface area (TPSA) is 78.2 Å². The summed E-state index contributed by atoms with van der Waals surface area (Å²) in [4.78, 5) is 17.1. The van der Waals surface area contributed by atoms with Crippen LogP contribution >= 0.6 is 0 Å². The minimum atomic E-state index is -0.614. The highest BCUT2D eigenvalue weighted by Gasteiger charge is 2.09. The molecule has 0 saturated carbocycles. The predicted octanol–water partition coefficient (Wildman–Crippen LogP) is 2.62. The Kier molecular flexibility index (Phi) is 3.13. The van der Waals surface area contributed by atoms with Crippen molar-refractivity contribution in [1.82, 2.24) is 9.97 Å². The van der Waals surface area contributed by atoms with Crippen LogP contribution in [0.2, 0.25) is 0 Å². The van der Waals surface area contributed by atoms with E-state index in [1.165, 1.54) is 12.1 Å². The van der Waals surface area contributed by atoms with E-state index in [0.717, 1.165) is 12.4 Å². The average molecular weight is 249 g/mol. The Balaban J connectivity index is 2.23. The molecule has 92 valence electrons. The van der Waals surface area contributed by atoms with E-state index in [2.05, 4.69) is 9.97 Å². The molecule has 0 atom stereocenters. The molecule has 7 heteroatoms. The van der Waals surface area contributed by atoms with Crippen LogP contribution in [0, 0.1) is 22.9 Å². The number of hydrogen-bond donors (Lipinski definition) is 0. The zero-order valence-electron chi connectivity index (χ0n) is 9.33. The maximum Gasteiger partial charge on any atom is 0.322 e. The number of aryl methyl sites for hydroxylation is 1. The predicted molar refractivity (Wildman–Crippen MR) is 59.9 cm³/mol. The number of aromatic nitrogens is 2. The van der Waals surface area contributed by atoms with E-state index in [0.29, 0.717) is 5.56 Å². The van der Waals surface area contributed by atoms with Crippen molar-refractivity contribution in [2.75, 3.05) is 0 Å². The third-order valence-electron chi connectivity index (χ3n) is 2.18. The molecular formula is C11H8FN3O3. The summed E-state index contributed by atoms with van der Waals surface area (Å²) in [5.74, 6) is -0.179. The molecule has 0 radical (unpaired) electrons. The highest BCUT2D eigenvalue weighted by molar-refractivity contribution is 5.34. The van der Waals surface area contributed by atoms with Crippen LogP contribution in [0.3, 0.4) is 0 Å². The Hall–Kier alpha value is -2.57. The molecule has 1 aromatic heterocycles. The minimum Gasteiger partial charge on any atom is -0.424 e. The third-order valence-corrected chi connectivity index (χ3v) is 2.18. The zero-order chi connectivity index (χ0) is 13.1. The van der Waals surface area contributed by atoms with E-state index < -0.39 is 10.7 Å². The Labute approximate surface area is 101 Å². The van der Waals surface area contributed by atoms with E-state index in [1.54, 1.807) is 13.0 Å². The molecule has 0 aliphatic heterocycles. The number of hydrogen-bond acceptors (Lipinski definition) is 5. The summed E-state index contributed by atoms with van der Waals surface area (Å²) < 4.78 is 18.2. The molecule has 0 unspecified atom stereocenters. The van der Waals surface area contributed by atoms with Gasteiger partial charge in [0.15, 0.2) is 0 Å². The van der Waals surface area contributed by atoms with Crippen LogP contribution in [0.25, 0.3) is 0 Å². The van der Waals surface area contributed by atoms with Crippen molar-refractivity contribution in [3.05, 3.63) is 52.1 Å². The summed E-state index contributed by atoms with van der Waals surface area (Å²) in [6.07, 6.45) is 2.05. The number of ether oxygens (including phenoxy) is 1. The minimum absolute atomic E-state index is 0.0747. The standard InChI is InChI=1S/C11H8FN3O3/c1-7-2-3-8(12)4-10(7)18-11-13-5-9(6-14-11)15(16)17/h2-6H,1H3. The van der Waals surface area contributed by atoms with Gasteiger partial charge >= 0.3 is 11.7 Å². The van der Waals surface area contributed by atoms with Gasteiger partial charge in [-0.2, -0.15) is 9.97 Å². The van der Waals surface area contributed by atoms with Gasteiger partial charge in [-0.05, 0) is 18.6 Å². The fraction of sp³-hybridized carbons (Fsp3) is 0.0909. The molecule has 0 aliphatic carbocycles. The molecule has 18 heavy (non-hydrogen) atoms. The van der Waals surface area contributed by atoms with Gasteiger partial charge in [-0.25, -0.2) is 4.39 Å². The van der Waals surface area contributed by atoms with Gasteiger partial charge in [-0.15, -0.1) is 0 Å². The largest absolute Gasteiger partial charge is 0.424 e. The van der Waals surface area contributed by atoms with Gasteiger partial charge in [-0.3, -0.25) is 10.1 Å². The van der Waals surface area contributed by atoms with Gasteiger partial charge in [0, 0.05) is 6.07 Å². The Morgan fingerprint density at radius 3 is 2.61 bits per heavy atom. The fourth-order valence-electron chi connectivity index (χ4n) is 1.24. The normalized spacial score (nSPS) is 10.1. The first-order valence-corrected chi connectivity index (χ1v) is 4.96. The zero-order valence-corrected chi connectivity index (χ0v) is 9.33. The summed E-state index contributed by atoms with van der Waals surface area (Å²) >= 11 is 0. The molecule has 0 bridgehead atoms. The summed E-state index contributed by atoms with van der Waals surface area (Å²) in [5.41, 5.74) is 0.469. The molecular weight excluding hydrogens is 241 g/mol. The lowest BCUT2D eigenvalue weighted by Crippen LogP contribution is -1.96. The van der Waals surface area contributed by atoms with E-state index >= 15 is 0 Å². The Morgan fingerprint density at radius 2 is 2.00 bits per heavy atom. The van der Waals surface area contributed by atoms with Crippen molar-refractivity contribution in [2.24, 2.45) is 0 Å². The van der Waals surface area contributed by atoms with Crippen molar-refractivity contribution < 1.29 is 14.1 Å². The summed E-state index contributed by atoms with van der Waals surface area (Å²) in [6, 6.07) is 3.98. The van der Waals surface area contributed by atoms with Crippen molar-refractivity contribution in [1.29, 1.82) is 0 Å². The molecule has 0 fully saturated rings. The summed E-state index contributed by atoms with van der Waals surface area (Å²) in [5, 5.41) is 10.4. The van der Waals surface area contributed by atoms with Gasteiger partial charge < -0.3 is 4.74 Å². The molecule has 2 rings (SSSR count). The van der Waals surface area contributed by atoms with Crippen LogP contribution in [0.4, 0.5) is 10.1 Å². The number of benzene rings is 1. The van der Waals surface area contributed by atoms with Crippen LogP contribution in [0.5, 0.6) is 11.8 Å². The Bertz CT molecular complexity index is 587. The number of rotatable bonds is 3. The number of nitro groups is 1. The molecule has 0 spiro atoms. The lowest BCUT2D eigenvalue weighted by atomic mass is 10.2. The maximum absolute atomic E-state index is 13.0. The van der Waals surface area contributed by atoms with Gasteiger partial charge in [0.2, 0.25) is 0 Å². The van der Waals surface area contributed by atoms with E-state index in [9.17, 15) is 14.5 Å². The van der Waals surface area contributed by atoms with E-state index in [1.807, 2.05) is 0 Å². The van der Waals surface area contributed by atoms with Gasteiger partial charge in [0.05, 0.1) is 4.92 Å². The van der Waals surface area contributed by atoms with Crippen molar-refractivity contribution in [3.8, 4) is 11.8 Å². The number of nitrogens with zero attached hydrogens (tertiary/aromatic N) is 3. The fourth-order valence-corrected chi connectivity index (χ4v) is 1.24. The van der Waals surface area contributed by atoms with Crippen LogP contribution in [-0.2, 0) is 0 Å². The second-order valence-electron chi connectivity index (χ2n) is 3.49. The molecule has 1 aromatic carbocycles. The second kappa shape index (κ2) is 4.74. The van der Waals surface area contributed by atoms with E-state index in [-0.39, 0.29) is 17.4 Å². The van der Waals surface area contributed by atoms with Crippen LogP contribution < -0.4 is 4.74 Å². The molecule has 1 heterocycles. The van der Waals surface area contributed by atoms with Crippen molar-refractivity contribution in [3.63, 3.8) is 0 Å². The first-order chi connectivity index (χ1) is 8.56. The number of halogens is 1. The van der Waals surface area contributed by atoms with Crippen LogP contribution in [0.15, 0.2) is 30.6 Å². The molecule has 0 aliphatic rings. The molecule has 0 N–H and O–H groups in total. The molecule has 0 saturated heterocycles. The first kappa shape index (κ1) is 11.9. The van der Waals surface area contributed by atoms with Crippen molar-refractivity contribution in [2.45, 2.75) is 6.92 Å². The van der Waals surface area contributed by atoms with Crippen LogP contribution in [0.1, 0.15) is 5.56 Å². The van der Waals surface area contributed by atoms with Crippen molar-refractivity contribution >= 4 is 5.69 Å².